The molecule has 0 saturated heterocycles. The van der Waals surface area contributed by atoms with Crippen molar-refractivity contribution in [2.24, 2.45) is 0 Å². The summed E-state index contributed by atoms with van der Waals surface area (Å²) in [5.74, 6) is -0.806. The first-order chi connectivity index (χ1) is 12.8. The molecule has 0 aromatic heterocycles. The van der Waals surface area contributed by atoms with Crippen molar-refractivity contribution < 1.29 is 19.1 Å². The number of aryl methyl sites for hydroxylation is 3. The van der Waals surface area contributed by atoms with Crippen molar-refractivity contribution in [1.82, 2.24) is 0 Å². The van der Waals surface area contributed by atoms with Gasteiger partial charge >= 0.3 is 11.9 Å². The van der Waals surface area contributed by atoms with Crippen LogP contribution in [-0.2, 0) is 9.53 Å². The zero-order valence-corrected chi connectivity index (χ0v) is 15.8. The smallest absolute Gasteiger partial charge is 0.348 e. The molecule has 0 fully saturated rings. The molecule has 2 aromatic carbocycles. The van der Waals surface area contributed by atoms with E-state index in [0.29, 0.717) is 16.9 Å². The fraction of sp³-hybridized carbons (Fsp3) is 0.227. The zero-order chi connectivity index (χ0) is 20.0. The van der Waals surface area contributed by atoms with E-state index >= 15 is 0 Å². The highest BCUT2D eigenvalue weighted by atomic mass is 16.5. The first-order valence-electron chi connectivity index (χ1n) is 8.54. The molecule has 2 rings (SSSR count). The number of nitriles is 1. The van der Waals surface area contributed by atoms with Gasteiger partial charge in [-0.1, -0.05) is 29.8 Å². The minimum absolute atomic E-state index is 0.120. The van der Waals surface area contributed by atoms with Crippen molar-refractivity contribution in [1.29, 1.82) is 5.26 Å². The molecule has 0 saturated carbocycles. The predicted octanol–water partition coefficient (Wildman–Crippen LogP) is 4.30. The molecule has 0 bridgehead atoms. The molecule has 0 spiro atoms. The van der Waals surface area contributed by atoms with E-state index in [1.165, 1.54) is 6.08 Å². The Hall–Kier alpha value is -3.39. The molecule has 0 amide bonds. The van der Waals surface area contributed by atoms with E-state index in [9.17, 15) is 9.59 Å². The highest BCUT2D eigenvalue weighted by Gasteiger charge is 2.16. The predicted molar refractivity (Wildman–Crippen MR) is 102 cm³/mol. The lowest BCUT2D eigenvalue weighted by Gasteiger charge is -2.11. The molecule has 5 nitrogen and oxygen atoms in total. The van der Waals surface area contributed by atoms with Gasteiger partial charge in [-0.15, -0.1) is 0 Å². The minimum atomic E-state index is -0.687. The van der Waals surface area contributed by atoms with Crippen LogP contribution >= 0.6 is 0 Å². The van der Waals surface area contributed by atoms with E-state index in [4.69, 9.17) is 14.7 Å². The normalized spacial score (nSPS) is 10.9. The summed E-state index contributed by atoms with van der Waals surface area (Å²) >= 11 is 0. The van der Waals surface area contributed by atoms with Crippen molar-refractivity contribution >= 4 is 18.0 Å². The topological polar surface area (TPSA) is 76.4 Å². The number of hydrogen-bond acceptors (Lipinski definition) is 5. The molecule has 0 heterocycles. The third-order valence-electron chi connectivity index (χ3n) is 3.88. The Balaban J connectivity index is 2.27. The molecular formula is C22H21NO4. The second-order valence-corrected chi connectivity index (χ2v) is 6.13. The summed E-state index contributed by atoms with van der Waals surface area (Å²) in [6, 6.07) is 12.3. The molecule has 0 aliphatic rings. The van der Waals surface area contributed by atoms with Gasteiger partial charge in [-0.05, 0) is 62.6 Å². The maximum Gasteiger partial charge on any atom is 0.348 e. The molecule has 27 heavy (non-hydrogen) atoms. The lowest BCUT2D eigenvalue weighted by molar-refractivity contribution is -0.137. The molecule has 138 valence electrons. The summed E-state index contributed by atoms with van der Waals surface area (Å²) in [7, 11) is 0. The van der Waals surface area contributed by atoms with Gasteiger partial charge in [0.2, 0.25) is 0 Å². The first kappa shape index (κ1) is 19.9. The van der Waals surface area contributed by atoms with Crippen LogP contribution in [0.25, 0.3) is 6.08 Å². The van der Waals surface area contributed by atoms with Gasteiger partial charge in [0.15, 0.2) is 0 Å². The molecular weight excluding hydrogens is 342 g/mol. The molecule has 0 atom stereocenters. The molecule has 5 heteroatoms. The minimum Gasteiger partial charge on any atom is -0.462 e. The van der Waals surface area contributed by atoms with Crippen LogP contribution < -0.4 is 4.74 Å². The number of ether oxygens (including phenoxy) is 2. The quantitative estimate of drug-likeness (QED) is 0.343. The number of nitrogens with zero attached hydrogens (tertiary/aromatic N) is 1. The summed E-state index contributed by atoms with van der Waals surface area (Å²) in [6.45, 7) is 7.57. The molecule has 0 radical (unpaired) electrons. The van der Waals surface area contributed by atoms with Gasteiger partial charge in [-0.3, -0.25) is 0 Å². The number of hydrogen-bond donors (Lipinski definition) is 0. The number of carbonyl (C=O) groups excluding carboxylic acids is 2. The molecule has 2 aromatic rings. The van der Waals surface area contributed by atoms with Crippen molar-refractivity contribution in [3.8, 4) is 11.8 Å². The average molecular weight is 363 g/mol. The van der Waals surface area contributed by atoms with Crippen molar-refractivity contribution in [3.63, 3.8) is 0 Å². The SMILES string of the molecule is CCOC(=O)/C(C#N)=C/c1cccc(OC(=O)c2c(C)cc(C)cc2C)c1. The summed E-state index contributed by atoms with van der Waals surface area (Å²) in [5, 5.41) is 9.13. The third-order valence-corrected chi connectivity index (χ3v) is 3.88. The Morgan fingerprint density at radius 1 is 1.11 bits per heavy atom. The van der Waals surface area contributed by atoms with E-state index < -0.39 is 11.9 Å². The average Bonchev–Trinajstić information content (AvgIpc) is 2.59. The number of esters is 2. The van der Waals surface area contributed by atoms with Crippen molar-refractivity contribution in [2.75, 3.05) is 6.61 Å². The van der Waals surface area contributed by atoms with Gasteiger partial charge in [0.1, 0.15) is 17.4 Å². The van der Waals surface area contributed by atoms with Gasteiger partial charge < -0.3 is 9.47 Å². The largest absolute Gasteiger partial charge is 0.462 e. The summed E-state index contributed by atoms with van der Waals surface area (Å²) < 4.78 is 10.3. The van der Waals surface area contributed by atoms with Crippen LogP contribution in [0.4, 0.5) is 0 Å². The molecule has 0 unspecified atom stereocenters. The van der Waals surface area contributed by atoms with Gasteiger partial charge in [0.25, 0.3) is 0 Å². The monoisotopic (exact) mass is 363 g/mol. The summed E-state index contributed by atoms with van der Waals surface area (Å²) in [4.78, 5) is 24.3. The van der Waals surface area contributed by atoms with Crippen molar-refractivity contribution in [3.05, 3.63) is 69.8 Å². The highest BCUT2D eigenvalue weighted by molar-refractivity contribution is 5.98. The fourth-order valence-electron chi connectivity index (χ4n) is 2.84. The Morgan fingerprint density at radius 2 is 1.78 bits per heavy atom. The van der Waals surface area contributed by atoms with E-state index in [0.717, 1.165) is 16.7 Å². The van der Waals surface area contributed by atoms with Crippen LogP contribution in [-0.4, -0.2) is 18.5 Å². The van der Waals surface area contributed by atoms with Crippen LogP contribution in [0.3, 0.4) is 0 Å². The van der Waals surface area contributed by atoms with Crippen LogP contribution in [0.5, 0.6) is 5.75 Å². The first-order valence-corrected chi connectivity index (χ1v) is 8.54. The van der Waals surface area contributed by atoms with Crippen molar-refractivity contribution in [2.45, 2.75) is 27.7 Å². The summed E-state index contributed by atoms with van der Waals surface area (Å²) in [5.41, 5.74) is 3.75. The van der Waals surface area contributed by atoms with E-state index in [1.807, 2.05) is 39.0 Å². The fourth-order valence-corrected chi connectivity index (χ4v) is 2.84. The zero-order valence-electron chi connectivity index (χ0n) is 15.8. The lowest BCUT2D eigenvalue weighted by atomic mass is 10.00. The standard InChI is InChI=1S/C22H21NO4/c1-5-26-21(24)18(13-23)11-17-7-6-8-19(12-17)27-22(25)20-15(3)9-14(2)10-16(20)4/h6-12H,5H2,1-4H3/b18-11+. The van der Waals surface area contributed by atoms with E-state index in [2.05, 4.69) is 0 Å². The summed E-state index contributed by atoms with van der Waals surface area (Å²) in [6.07, 6.45) is 1.40. The van der Waals surface area contributed by atoms with Crippen LogP contribution in [0.15, 0.2) is 42.0 Å². The Labute approximate surface area is 158 Å². The Bertz CT molecular complexity index is 928. The second kappa shape index (κ2) is 8.81. The Kier molecular flexibility index (Phi) is 6.51. The van der Waals surface area contributed by atoms with Gasteiger partial charge in [-0.25, -0.2) is 9.59 Å². The van der Waals surface area contributed by atoms with E-state index in [1.54, 1.807) is 31.2 Å². The highest BCUT2D eigenvalue weighted by Crippen LogP contribution is 2.21. The Morgan fingerprint density at radius 3 is 2.37 bits per heavy atom. The van der Waals surface area contributed by atoms with Crippen LogP contribution in [0, 0.1) is 32.1 Å². The molecule has 0 aliphatic heterocycles. The number of rotatable bonds is 5. The maximum atomic E-state index is 12.6. The maximum absolute atomic E-state index is 12.6. The van der Waals surface area contributed by atoms with Gasteiger partial charge in [0, 0.05) is 0 Å². The third kappa shape index (κ3) is 5.05. The lowest BCUT2D eigenvalue weighted by Crippen LogP contribution is -2.12. The van der Waals surface area contributed by atoms with Crippen LogP contribution in [0.2, 0.25) is 0 Å². The second-order valence-electron chi connectivity index (χ2n) is 6.13. The number of benzene rings is 2. The van der Waals surface area contributed by atoms with E-state index in [-0.39, 0.29) is 12.2 Å². The van der Waals surface area contributed by atoms with Crippen LogP contribution in [0.1, 0.15) is 39.5 Å². The van der Waals surface area contributed by atoms with Gasteiger partial charge in [-0.2, -0.15) is 5.26 Å². The molecule has 0 N–H and O–H groups in total. The number of carbonyl (C=O) groups is 2. The molecule has 0 aliphatic carbocycles. The van der Waals surface area contributed by atoms with Gasteiger partial charge in [0.05, 0.1) is 12.2 Å².